The summed E-state index contributed by atoms with van der Waals surface area (Å²) in [5, 5.41) is 4.61. The van der Waals surface area contributed by atoms with Gasteiger partial charge in [-0.1, -0.05) is 29.8 Å². The summed E-state index contributed by atoms with van der Waals surface area (Å²) in [6.07, 6.45) is 10.8. The van der Waals surface area contributed by atoms with E-state index >= 15 is 0 Å². The van der Waals surface area contributed by atoms with Crippen molar-refractivity contribution in [2.45, 2.75) is 48.8 Å². The SMILES string of the molecule is CSc1ccc(Cl)c(CNC2(c3cnccc3-c3ccccc3OC3CC3)CC2)c1. The Morgan fingerprint density at radius 1 is 1.13 bits per heavy atom. The summed E-state index contributed by atoms with van der Waals surface area (Å²) >= 11 is 8.21. The number of aromatic nitrogens is 1. The van der Waals surface area contributed by atoms with Crippen molar-refractivity contribution in [1.82, 2.24) is 10.3 Å². The van der Waals surface area contributed by atoms with Crippen LogP contribution in [-0.2, 0) is 12.1 Å². The second-order valence-corrected chi connectivity index (χ2v) is 9.41. The molecule has 5 rings (SSSR count). The second kappa shape index (κ2) is 8.26. The second-order valence-electron chi connectivity index (χ2n) is 8.13. The van der Waals surface area contributed by atoms with Gasteiger partial charge >= 0.3 is 0 Å². The number of hydrogen-bond acceptors (Lipinski definition) is 4. The first-order valence-electron chi connectivity index (χ1n) is 10.5. The van der Waals surface area contributed by atoms with Crippen LogP contribution in [0, 0.1) is 0 Å². The van der Waals surface area contributed by atoms with E-state index < -0.39 is 0 Å². The molecule has 0 aliphatic heterocycles. The van der Waals surface area contributed by atoms with E-state index in [0.717, 1.165) is 54.1 Å². The average Bonchev–Trinajstić information content (AvgIpc) is 3.71. The van der Waals surface area contributed by atoms with Crippen LogP contribution in [0.2, 0.25) is 5.02 Å². The molecule has 1 aromatic heterocycles. The lowest BCUT2D eigenvalue weighted by Gasteiger charge is -2.22. The highest BCUT2D eigenvalue weighted by molar-refractivity contribution is 7.98. The van der Waals surface area contributed by atoms with E-state index in [1.807, 2.05) is 24.5 Å². The maximum absolute atomic E-state index is 6.47. The molecule has 30 heavy (non-hydrogen) atoms. The van der Waals surface area contributed by atoms with Gasteiger partial charge in [-0.15, -0.1) is 11.8 Å². The largest absolute Gasteiger partial charge is 0.490 e. The average molecular weight is 437 g/mol. The number of benzene rings is 2. The van der Waals surface area contributed by atoms with E-state index in [0.29, 0.717) is 6.10 Å². The van der Waals surface area contributed by atoms with Crippen molar-refractivity contribution >= 4 is 23.4 Å². The van der Waals surface area contributed by atoms with Crippen molar-refractivity contribution in [2.75, 3.05) is 6.26 Å². The highest BCUT2D eigenvalue weighted by Crippen LogP contribution is 2.50. The molecular formula is C25H25ClN2OS. The van der Waals surface area contributed by atoms with Crippen LogP contribution < -0.4 is 10.1 Å². The van der Waals surface area contributed by atoms with Crippen LogP contribution in [0.15, 0.2) is 65.8 Å². The Balaban J connectivity index is 1.44. The predicted molar refractivity (Wildman–Crippen MR) is 124 cm³/mol. The van der Waals surface area contributed by atoms with Crippen molar-refractivity contribution in [2.24, 2.45) is 0 Å². The number of hydrogen-bond donors (Lipinski definition) is 1. The molecule has 3 nitrogen and oxygen atoms in total. The predicted octanol–water partition coefficient (Wildman–Crippen LogP) is 6.44. The zero-order valence-corrected chi connectivity index (χ0v) is 18.6. The Morgan fingerprint density at radius 2 is 1.97 bits per heavy atom. The minimum atomic E-state index is -0.0605. The molecule has 154 valence electrons. The van der Waals surface area contributed by atoms with Gasteiger partial charge < -0.3 is 10.1 Å². The summed E-state index contributed by atoms with van der Waals surface area (Å²) in [5.74, 6) is 0.971. The smallest absolute Gasteiger partial charge is 0.127 e. The maximum Gasteiger partial charge on any atom is 0.127 e. The van der Waals surface area contributed by atoms with Crippen LogP contribution >= 0.6 is 23.4 Å². The normalized spacial score (nSPS) is 17.0. The molecule has 2 fully saturated rings. The van der Waals surface area contributed by atoms with Crippen LogP contribution in [0.1, 0.15) is 36.8 Å². The highest BCUT2D eigenvalue weighted by Gasteiger charge is 2.45. The van der Waals surface area contributed by atoms with Crippen molar-refractivity contribution < 1.29 is 4.74 Å². The molecule has 1 heterocycles. The van der Waals surface area contributed by atoms with Gasteiger partial charge in [0.05, 0.1) is 6.10 Å². The number of para-hydroxylation sites is 1. The number of ether oxygens (including phenoxy) is 1. The maximum atomic E-state index is 6.47. The van der Waals surface area contributed by atoms with Gasteiger partial charge in [0.15, 0.2) is 0 Å². The molecule has 2 aliphatic carbocycles. The fourth-order valence-corrected chi connectivity index (χ4v) is 4.56. The van der Waals surface area contributed by atoms with Crippen molar-refractivity contribution in [3.63, 3.8) is 0 Å². The monoisotopic (exact) mass is 436 g/mol. The molecule has 5 heteroatoms. The van der Waals surface area contributed by atoms with Crippen molar-refractivity contribution in [3.8, 4) is 16.9 Å². The molecule has 0 saturated heterocycles. The third-order valence-electron chi connectivity index (χ3n) is 5.95. The van der Waals surface area contributed by atoms with Gasteiger partial charge in [0.2, 0.25) is 0 Å². The van der Waals surface area contributed by atoms with Gasteiger partial charge in [0, 0.05) is 40.0 Å². The summed E-state index contributed by atoms with van der Waals surface area (Å²) in [4.78, 5) is 5.70. The molecule has 0 unspecified atom stereocenters. The first-order chi connectivity index (χ1) is 14.7. The number of thioether (sulfide) groups is 1. The molecule has 0 radical (unpaired) electrons. The first kappa shape index (κ1) is 19.9. The van der Waals surface area contributed by atoms with Crippen LogP contribution in [0.5, 0.6) is 5.75 Å². The molecule has 0 spiro atoms. The summed E-state index contributed by atoms with van der Waals surface area (Å²) in [6, 6.07) is 16.7. The Morgan fingerprint density at radius 3 is 2.73 bits per heavy atom. The zero-order valence-electron chi connectivity index (χ0n) is 17.0. The lowest BCUT2D eigenvalue weighted by Crippen LogP contribution is -2.29. The molecule has 0 bridgehead atoms. The number of rotatable bonds is 8. The van der Waals surface area contributed by atoms with Gasteiger partial charge in [-0.25, -0.2) is 0 Å². The van der Waals surface area contributed by atoms with Crippen LogP contribution in [0.25, 0.3) is 11.1 Å². The van der Waals surface area contributed by atoms with E-state index in [1.165, 1.54) is 16.0 Å². The van der Waals surface area contributed by atoms with E-state index in [2.05, 4.69) is 53.0 Å². The summed E-state index contributed by atoms with van der Waals surface area (Å²) in [5.41, 5.74) is 4.67. The van der Waals surface area contributed by atoms with Crippen LogP contribution in [0.3, 0.4) is 0 Å². The van der Waals surface area contributed by atoms with E-state index in [-0.39, 0.29) is 5.54 Å². The fraction of sp³-hybridized carbons (Fsp3) is 0.320. The van der Waals surface area contributed by atoms with E-state index in [1.54, 1.807) is 11.8 Å². The molecule has 3 aromatic rings. The van der Waals surface area contributed by atoms with Crippen molar-refractivity contribution in [1.29, 1.82) is 0 Å². The molecule has 2 aliphatic rings. The molecule has 2 saturated carbocycles. The highest BCUT2D eigenvalue weighted by atomic mass is 35.5. The Bertz CT molecular complexity index is 1060. The molecule has 0 amide bonds. The molecule has 0 atom stereocenters. The zero-order chi connectivity index (χ0) is 20.6. The standard InChI is InChI=1S/C25H25ClN2OS/c1-30-19-8-9-23(26)17(14-19)15-28-25(11-12-25)22-16-27-13-10-20(22)21-4-2-3-5-24(21)29-18-6-7-18/h2-5,8-10,13-14,16,18,28H,6-7,11-12,15H2,1H3. The minimum absolute atomic E-state index is 0.0605. The third kappa shape index (κ3) is 4.09. The van der Waals surface area contributed by atoms with Gasteiger partial charge in [-0.2, -0.15) is 0 Å². The summed E-state index contributed by atoms with van der Waals surface area (Å²) in [6.45, 7) is 0.738. The third-order valence-corrected chi connectivity index (χ3v) is 7.05. The van der Waals surface area contributed by atoms with Crippen LogP contribution in [0.4, 0.5) is 0 Å². The van der Waals surface area contributed by atoms with Crippen LogP contribution in [-0.4, -0.2) is 17.3 Å². The number of halogens is 1. The van der Waals surface area contributed by atoms with Gasteiger partial charge in [0.1, 0.15) is 5.75 Å². The van der Waals surface area contributed by atoms with E-state index in [9.17, 15) is 0 Å². The Hall–Kier alpha value is -2.01. The number of pyridine rings is 1. The van der Waals surface area contributed by atoms with Gasteiger partial charge in [-0.05, 0) is 79.0 Å². The first-order valence-corrected chi connectivity index (χ1v) is 12.1. The summed E-state index contributed by atoms with van der Waals surface area (Å²) in [7, 11) is 0. The topological polar surface area (TPSA) is 34.2 Å². The minimum Gasteiger partial charge on any atom is -0.490 e. The van der Waals surface area contributed by atoms with Gasteiger partial charge in [-0.3, -0.25) is 4.98 Å². The molecule has 2 aromatic carbocycles. The molecule has 1 N–H and O–H groups in total. The fourth-order valence-electron chi connectivity index (χ4n) is 3.91. The number of nitrogens with one attached hydrogen (secondary N) is 1. The van der Waals surface area contributed by atoms with E-state index in [4.69, 9.17) is 16.3 Å². The van der Waals surface area contributed by atoms with Crippen molar-refractivity contribution in [3.05, 3.63) is 77.1 Å². The molecular weight excluding hydrogens is 412 g/mol. The number of nitrogens with zero attached hydrogens (tertiary/aromatic N) is 1. The Kier molecular flexibility index (Phi) is 5.48. The lowest BCUT2D eigenvalue weighted by molar-refractivity contribution is 0.304. The quantitative estimate of drug-likeness (QED) is 0.412. The Labute approximate surface area is 187 Å². The summed E-state index contributed by atoms with van der Waals surface area (Å²) < 4.78 is 6.21. The van der Waals surface area contributed by atoms with Gasteiger partial charge in [0.25, 0.3) is 0 Å². The lowest BCUT2D eigenvalue weighted by atomic mass is 9.94.